The van der Waals surface area contributed by atoms with Crippen molar-refractivity contribution in [3.8, 4) is 5.75 Å². The van der Waals surface area contributed by atoms with Crippen molar-refractivity contribution in [1.29, 1.82) is 0 Å². The van der Waals surface area contributed by atoms with Gasteiger partial charge in [0, 0.05) is 5.56 Å². The molecule has 1 amide bonds. The van der Waals surface area contributed by atoms with Gasteiger partial charge in [-0.2, -0.15) is 0 Å². The molecule has 0 aliphatic heterocycles. The molecule has 5 nitrogen and oxygen atoms in total. The van der Waals surface area contributed by atoms with Gasteiger partial charge in [0.2, 0.25) is 10.0 Å². The molecule has 0 aliphatic carbocycles. The van der Waals surface area contributed by atoms with Crippen molar-refractivity contribution in [2.24, 2.45) is 0 Å². The van der Waals surface area contributed by atoms with Crippen LogP contribution in [0, 0.1) is 6.92 Å². The summed E-state index contributed by atoms with van der Waals surface area (Å²) in [4.78, 5) is 11.5. The third kappa shape index (κ3) is 3.23. The van der Waals surface area contributed by atoms with Gasteiger partial charge in [-0.1, -0.05) is 6.07 Å². The Balaban J connectivity index is 3.01. The van der Waals surface area contributed by atoms with Gasteiger partial charge in [-0.15, -0.1) is 0 Å². The van der Waals surface area contributed by atoms with Crippen molar-refractivity contribution >= 4 is 15.9 Å². The molecule has 0 fully saturated rings. The standard InChI is InChI=1S/C10H13NO4S/c1-7-4-5-8(6-9(7)15-2)10(12)11-16(3,13)14/h4-6H,1-3H3,(H,11,12). The first-order chi connectivity index (χ1) is 7.33. The predicted molar refractivity (Wildman–Crippen MR) is 60.0 cm³/mol. The first-order valence-corrected chi connectivity index (χ1v) is 6.39. The largest absolute Gasteiger partial charge is 0.496 e. The average Bonchev–Trinajstić information content (AvgIpc) is 2.15. The number of aryl methyl sites for hydroxylation is 1. The summed E-state index contributed by atoms with van der Waals surface area (Å²) in [5.74, 6) is -0.123. The first-order valence-electron chi connectivity index (χ1n) is 4.50. The van der Waals surface area contributed by atoms with Crippen molar-refractivity contribution in [1.82, 2.24) is 4.72 Å². The third-order valence-corrected chi connectivity index (χ3v) is 2.50. The molecular formula is C10H13NO4S. The second-order valence-electron chi connectivity index (χ2n) is 3.39. The second kappa shape index (κ2) is 4.52. The van der Waals surface area contributed by atoms with Crippen molar-refractivity contribution in [2.75, 3.05) is 13.4 Å². The first kappa shape index (κ1) is 12.5. The van der Waals surface area contributed by atoms with Gasteiger partial charge in [0.25, 0.3) is 5.91 Å². The van der Waals surface area contributed by atoms with Crippen molar-refractivity contribution in [3.63, 3.8) is 0 Å². The van der Waals surface area contributed by atoms with Crippen LogP contribution >= 0.6 is 0 Å². The SMILES string of the molecule is COc1cc(C(=O)NS(C)(=O)=O)ccc1C. The number of carbonyl (C=O) groups excluding carboxylic acids is 1. The monoisotopic (exact) mass is 243 g/mol. The van der Waals surface area contributed by atoms with Gasteiger partial charge >= 0.3 is 0 Å². The Morgan fingerprint density at radius 3 is 2.50 bits per heavy atom. The van der Waals surface area contributed by atoms with Crippen LogP contribution in [0.4, 0.5) is 0 Å². The fourth-order valence-electron chi connectivity index (χ4n) is 1.19. The Morgan fingerprint density at radius 2 is 2.00 bits per heavy atom. The molecule has 0 aliphatic rings. The molecule has 0 radical (unpaired) electrons. The summed E-state index contributed by atoms with van der Waals surface area (Å²) in [7, 11) is -2.05. The van der Waals surface area contributed by atoms with Crippen molar-refractivity contribution in [2.45, 2.75) is 6.92 Å². The quantitative estimate of drug-likeness (QED) is 0.848. The highest BCUT2D eigenvalue weighted by Gasteiger charge is 2.12. The molecule has 0 bridgehead atoms. The summed E-state index contributed by atoms with van der Waals surface area (Å²) in [5, 5.41) is 0. The number of amides is 1. The number of rotatable bonds is 3. The Bertz CT molecular complexity index is 508. The molecule has 1 N–H and O–H groups in total. The zero-order chi connectivity index (χ0) is 12.3. The predicted octanol–water partition coefficient (Wildman–Crippen LogP) is 0.693. The zero-order valence-electron chi connectivity index (χ0n) is 9.27. The van der Waals surface area contributed by atoms with Gasteiger partial charge in [0.1, 0.15) is 5.75 Å². The molecule has 0 aromatic heterocycles. The number of carbonyl (C=O) groups is 1. The molecule has 0 saturated carbocycles. The lowest BCUT2D eigenvalue weighted by molar-refractivity contribution is 0.0981. The molecule has 1 aromatic rings. The Morgan fingerprint density at radius 1 is 1.38 bits per heavy atom. The molecule has 0 heterocycles. The smallest absolute Gasteiger partial charge is 0.264 e. The van der Waals surface area contributed by atoms with E-state index in [4.69, 9.17) is 4.74 Å². The van der Waals surface area contributed by atoms with E-state index in [9.17, 15) is 13.2 Å². The molecule has 0 atom stereocenters. The molecule has 88 valence electrons. The third-order valence-electron chi connectivity index (χ3n) is 1.95. The number of hydrogen-bond acceptors (Lipinski definition) is 4. The summed E-state index contributed by atoms with van der Waals surface area (Å²) >= 11 is 0. The van der Waals surface area contributed by atoms with Crippen molar-refractivity contribution < 1.29 is 17.9 Å². The van der Waals surface area contributed by atoms with Crippen LogP contribution in [0.25, 0.3) is 0 Å². The van der Waals surface area contributed by atoms with E-state index in [1.165, 1.54) is 13.2 Å². The van der Waals surface area contributed by atoms with E-state index >= 15 is 0 Å². The van der Waals surface area contributed by atoms with Crippen molar-refractivity contribution in [3.05, 3.63) is 29.3 Å². The summed E-state index contributed by atoms with van der Waals surface area (Å²) in [6, 6.07) is 4.73. The lowest BCUT2D eigenvalue weighted by Crippen LogP contribution is -2.29. The summed E-state index contributed by atoms with van der Waals surface area (Å²) in [6.45, 7) is 1.83. The lowest BCUT2D eigenvalue weighted by atomic mass is 10.1. The van der Waals surface area contributed by atoms with E-state index in [-0.39, 0.29) is 5.56 Å². The van der Waals surface area contributed by atoms with Crippen LogP contribution in [-0.4, -0.2) is 27.7 Å². The molecule has 6 heteroatoms. The van der Waals surface area contributed by atoms with Crippen LogP contribution in [-0.2, 0) is 10.0 Å². The van der Waals surface area contributed by atoms with Gasteiger partial charge in [0.05, 0.1) is 13.4 Å². The highest BCUT2D eigenvalue weighted by atomic mass is 32.2. The molecule has 16 heavy (non-hydrogen) atoms. The van der Waals surface area contributed by atoms with Gasteiger partial charge in [-0.25, -0.2) is 13.1 Å². The van der Waals surface area contributed by atoms with Gasteiger partial charge in [0.15, 0.2) is 0 Å². The van der Waals surface area contributed by atoms with Crippen LogP contribution in [0.2, 0.25) is 0 Å². The normalized spacial score (nSPS) is 10.9. The minimum Gasteiger partial charge on any atom is -0.496 e. The fourth-order valence-corrected chi connectivity index (χ4v) is 1.64. The van der Waals surface area contributed by atoms with E-state index in [0.29, 0.717) is 5.75 Å². The average molecular weight is 243 g/mol. The fraction of sp³-hybridized carbons (Fsp3) is 0.300. The van der Waals surface area contributed by atoms with E-state index in [2.05, 4.69) is 0 Å². The second-order valence-corrected chi connectivity index (χ2v) is 5.14. The van der Waals surface area contributed by atoms with Crippen LogP contribution in [0.5, 0.6) is 5.75 Å². The summed E-state index contributed by atoms with van der Waals surface area (Å²) < 4.78 is 28.7. The minimum absolute atomic E-state index is 0.243. The molecular weight excluding hydrogens is 230 g/mol. The number of methoxy groups -OCH3 is 1. The maximum Gasteiger partial charge on any atom is 0.264 e. The summed E-state index contributed by atoms with van der Waals surface area (Å²) in [6.07, 6.45) is 0.927. The molecule has 1 rings (SSSR count). The maximum absolute atomic E-state index is 11.5. The number of nitrogens with one attached hydrogen (secondary N) is 1. The highest BCUT2D eigenvalue weighted by molar-refractivity contribution is 7.89. The van der Waals surface area contributed by atoms with Crippen LogP contribution in [0.1, 0.15) is 15.9 Å². The van der Waals surface area contributed by atoms with Crippen LogP contribution in [0.15, 0.2) is 18.2 Å². The zero-order valence-corrected chi connectivity index (χ0v) is 10.1. The van der Waals surface area contributed by atoms with Gasteiger partial charge < -0.3 is 4.74 Å². The number of benzene rings is 1. The maximum atomic E-state index is 11.5. The lowest BCUT2D eigenvalue weighted by Gasteiger charge is -2.07. The van der Waals surface area contributed by atoms with E-state index < -0.39 is 15.9 Å². The van der Waals surface area contributed by atoms with Crippen LogP contribution in [0.3, 0.4) is 0 Å². The Hall–Kier alpha value is -1.56. The molecule has 0 unspecified atom stereocenters. The topological polar surface area (TPSA) is 72.5 Å². The number of hydrogen-bond donors (Lipinski definition) is 1. The minimum atomic E-state index is -3.54. The highest BCUT2D eigenvalue weighted by Crippen LogP contribution is 2.18. The van der Waals surface area contributed by atoms with E-state index in [0.717, 1.165) is 11.8 Å². The van der Waals surface area contributed by atoms with Crippen LogP contribution < -0.4 is 9.46 Å². The van der Waals surface area contributed by atoms with E-state index in [1.807, 2.05) is 11.6 Å². The molecule has 1 aromatic carbocycles. The van der Waals surface area contributed by atoms with E-state index in [1.54, 1.807) is 12.1 Å². The number of ether oxygens (including phenoxy) is 1. The summed E-state index contributed by atoms with van der Waals surface area (Å²) in [5.41, 5.74) is 1.12. The molecule has 0 saturated heterocycles. The Labute approximate surface area is 94.5 Å². The van der Waals surface area contributed by atoms with Gasteiger partial charge in [-0.05, 0) is 24.6 Å². The Kier molecular flexibility index (Phi) is 3.54. The molecule has 0 spiro atoms. The van der Waals surface area contributed by atoms with Gasteiger partial charge in [-0.3, -0.25) is 4.79 Å². The number of sulfonamides is 1.